The average Bonchev–Trinajstić information content (AvgIpc) is 2.59. The maximum atomic E-state index is 12.5. The predicted octanol–water partition coefficient (Wildman–Crippen LogP) is 4.24. The fourth-order valence-electron chi connectivity index (χ4n) is 2.99. The molecule has 1 aromatic heterocycles. The number of benzene rings is 1. The largest absolute Gasteiger partial charge is 0.324 e. The van der Waals surface area contributed by atoms with Gasteiger partial charge in [-0.25, -0.2) is 0 Å². The average molecular weight is 364 g/mol. The molecule has 24 heavy (non-hydrogen) atoms. The third-order valence-corrected chi connectivity index (χ3v) is 4.93. The molecule has 0 aliphatic carbocycles. The minimum atomic E-state index is -0.0123. The van der Waals surface area contributed by atoms with Gasteiger partial charge in [0, 0.05) is 19.3 Å². The number of amides is 1. The van der Waals surface area contributed by atoms with Crippen molar-refractivity contribution < 1.29 is 4.79 Å². The van der Waals surface area contributed by atoms with Gasteiger partial charge in [-0.15, -0.1) is 0 Å². The number of piperidine rings is 1. The Morgan fingerprint density at radius 3 is 2.92 bits per heavy atom. The Labute approximate surface area is 151 Å². The molecule has 4 nitrogen and oxygen atoms in total. The van der Waals surface area contributed by atoms with Crippen molar-refractivity contribution in [3.05, 3.63) is 58.3 Å². The molecule has 1 atom stereocenters. The molecule has 6 heteroatoms. The van der Waals surface area contributed by atoms with E-state index in [1.54, 1.807) is 12.4 Å². The van der Waals surface area contributed by atoms with Gasteiger partial charge < -0.3 is 5.32 Å². The number of nitrogens with one attached hydrogen (secondary N) is 1. The van der Waals surface area contributed by atoms with Gasteiger partial charge in [0.1, 0.15) is 0 Å². The van der Waals surface area contributed by atoms with Crippen LogP contribution in [0.3, 0.4) is 0 Å². The van der Waals surface area contributed by atoms with Crippen LogP contribution in [0, 0.1) is 5.92 Å². The molecule has 1 amide bonds. The van der Waals surface area contributed by atoms with Crippen molar-refractivity contribution in [1.82, 2.24) is 9.88 Å². The zero-order valence-corrected chi connectivity index (χ0v) is 14.7. The number of nitrogens with zero attached hydrogens (tertiary/aromatic N) is 2. The number of anilines is 1. The minimum Gasteiger partial charge on any atom is -0.324 e. The summed E-state index contributed by atoms with van der Waals surface area (Å²) in [5.74, 6) is 0.0450. The molecule has 1 unspecified atom stereocenters. The number of aromatic nitrogens is 1. The van der Waals surface area contributed by atoms with Gasteiger partial charge in [0.2, 0.25) is 5.91 Å². The first-order chi connectivity index (χ1) is 11.6. The third kappa shape index (κ3) is 4.47. The van der Waals surface area contributed by atoms with Crippen LogP contribution in [0.4, 0.5) is 5.69 Å². The Morgan fingerprint density at radius 1 is 1.29 bits per heavy atom. The van der Waals surface area contributed by atoms with Gasteiger partial charge in [0.05, 0.1) is 27.8 Å². The van der Waals surface area contributed by atoms with Crippen molar-refractivity contribution in [2.75, 3.05) is 18.4 Å². The molecule has 1 aliphatic rings. The highest BCUT2D eigenvalue weighted by Gasteiger charge is 2.26. The van der Waals surface area contributed by atoms with Crippen molar-refractivity contribution in [3.63, 3.8) is 0 Å². The quantitative estimate of drug-likeness (QED) is 0.883. The molecule has 0 spiro atoms. The molecule has 2 aromatic rings. The molecule has 1 aliphatic heterocycles. The van der Waals surface area contributed by atoms with Gasteiger partial charge in [0.25, 0.3) is 0 Å². The summed E-state index contributed by atoms with van der Waals surface area (Å²) in [4.78, 5) is 18.8. The first-order valence-electron chi connectivity index (χ1n) is 7.99. The molecule has 1 fully saturated rings. The summed E-state index contributed by atoms with van der Waals surface area (Å²) in [6.07, 6.45) is 5.26. The molecule has 2 heterocycles. The summed E-state index contributed by atoms with van der Waals surface area (Å²) in [6.45, 7) is 2.50. The molecule has 1 saturated heterocycles. The van der Waals surface area contributed by atoms with E-state index in [0.29, 0.717) is 10.0 Å². The lowest BCUT2D eigenvalue weighted by Crippen LogP contribution is -2.40. The van der Waals surface area contributed by atoms with Gasteiger partial charge in [-0.1, -0.05) is 29.3 Å². The third-order valence-electron chi connectivity index (χ3n) is 4.20. The molecule has 1 aromatic carbocycles. The molecule has 1 N–H and O–H groups in total. The first-order valence-corrected chi connectivity index (χ1v) is 8.74. The molecule has 126 valence electrons. The Hall–Kier alpha value is -1.62. The minimum absolute atomic E-state index is 0.0123. The van der Waals surface area contributed by atoms with Crippen molar-refractivity contribution in [3.8, 4) is 0 Å². The maximum absolute atomic E-state index is 12.5. The van der Waals surface area contributed by atoms with Crippen LogP contribution in [-0.4, -0.2) is 28.9 Å². The number of carbonyl (C=O) groups excluding carboxylic acids is 1. The highest BCUT2D eigenvalue weighted by Crippen LogP contribution is 2.25. The number of carbonyl (C=O) groups is 1. The van der Waals surface area contributed by atoms with E-state index >= 15 is 0 Å². The second-order valence-electron chi connectivity index (χ2n) is 6.05. The van der Waals surface area contributed by atoms with E-state index in [2.05, 4.69) is 15.2 Å². The number of hydrogen-bond acceptors (Lipinski definition) is 3. The summed E-state index contributed by atoms with van der Waals surface area (Å²) in [6, 6.07) is 9.35. The van der Waals surface area contributed by atoms with Crippen LogP contribution in [0.2, 0.25) is 10.0 Å². The zero-order valence-electron chi connectivity index (χ0n) is 13.2. The fourth-order valence-corrected chi connectivity index (χ4v) is 3.31. The summed E-state index contributed by atoms with van der Waals surface area (Å²) >= 11 is 12.0. The SMILES string of the molecule is O=C(Nc1cccnc1)C1CCCN(Cc2ccc(Cl)c(Cl)c2)C1. The van der Waals surface area contributed by atoms with Crippen LogP contribution >= 0.6 is 23.2 Å². The molecular weight excluding hydrogens is 345 g/mol. The predicted molar refractivity (Wildman–Crippen MR) is 97.3 cm³/mol. The molecule has 0 saturated carbocycles. The number of rotatable bonds is 4. The van der Waals surface area contributed by atoms with Crippen LogP contribution in [0.5, 0.6) is 0 Å². The molecule has 0 radical (unpaired) electrons. The highest BCUT2D eigenvalue weighted by molar-refractivity contribution is 6.42. The van der Waals surface area contributed by atoms with Crippen molar-refractivity contribution in [2.45, 2.75) is 19.4 Å². The topological polar surface area (TPSA) is 45.2 Å². The second kappa shape index (κ2) is 7.97. The van der Waals surface area contributed by atoms with E-state index in [-0.39, 0.29) is 11.8 Å². The van der Waals surface area contributed by atoms with Crippen LogP contribution in [0.15, 0.2) is 42.7 Å². The number of pyridine rings is 1. The summed E-state index contributed by atoms with van der Waals surface area (Å²) in [5, 5.41) is 4.08. The maximum Gasteiger partial charge on any atom is 0.228 e. The zero-order chi connectivity index (χ0) is 16.9. The highest BCUT2D eigenvalue weighted by atomic mass is 35.5. The number of hydrogen-bond donors (Lipinski definition) is 1. The van der Waals surface area contributed by atoms with Crippen molar-refractivity contribution >= 4 is 34.8 Å². The summed E-state index contributed by atoms with van der Waals surface area (Å²) in [5.41, 5.74) is 1.85. The summed E-state index contributed by atoms with van der Waals surface area (Å²) < 4.78 is 0. The van der Waals surface area contributed by atoms with E-state index in [4.69, 9.17) is 23.2 Å². The fraction of sp³-hybridized carbons (Fsp3) is 0.333. The van der Waals surface area contributed by atoms with Crippen LogP contribution in [-0.2, 0) is 11.3 Å². The summed E-state index contributed by atoms with van der Waals surface area (Å²) in [7, 11) is 0. The van der Waals surface area contributed by atoms with Gasteiger partial charge in [-0.3, -0.25) is 14.7 Å². The molecular formula is C18H19Cl2N3O. The van der Waals surface area contributed by atoms with Gasteiger partial charge in [-0.05, 0) is 49.2 Å². The molecule has 3 rings (SSSR count). The Bertz CT molecular complexity index is 709. The van der Waals surface area contributed by atoms with E-state index in [1.165, 1.54) is 0 Å². The lowest BCUT2D eigenvalue weighted by molar-refractivity contribution is -0.121. The smallest absolute Gasteiger partial charge is 0.228 e. The Balaban J connectivity index is 1.59. The Morgan fingerprint density at radius 2 is 2.17 bits per heavy atom. The van der Waals surface area contributed by atoms with Crippen LogP contribution in [0.25, 0.3) is 0 Å². The lowest BCUT2D eigenvalue weighted by atomic mass is 9.96. The van der Waals surface area contributed by atoms with Crippen molar-refractivity contribution in [2.24, 2.45) is 5.92 Å². The lowest BCUT2D eigenvalue weighted by Gasteiger charge is -2.32. The standard InChI is InChI=1S/C18H19Cl2N3O/c19-16-6-5-13(9-17(16)20)11-23-8-2-3-14(12-23)18(24)22-15-4-1-7-21-10-15/h1,4-7,9-10,14H,2-3,8,11-12H2,(H,22,24). The van der Waals surface area contributed by atoms with E-state index in [1.807, 2.05) is 30.3 Å². The second-order valence-corrected chi connectivity index (χ2v) is 6.87. The number of halogens is 2. The van der Waals surface area contributed by atoms with Crippen LogP contribution in [0.1, 0.15) is 18.4 Å². The van der Waals surface area contributed by atoms with E-state index < -0.39 is 0 Å². The van der Waals surface area contributed by atoms with Crippen LogP contribution < -0.4 is 5.32 Å². The van der Waals surface area contributed by atoms with Gasteiger partial charge in [-0.2, -0.15) is 0 Å². The van der Waals surface area contributed by atoms with Gasteiger partial charge in [0.15, 0.2) is 0 Å². The van der Waals surface area contributed by atoms with Crippen molar-refractivity contribution in [1.29, 1.82) is 0 Å². The Kier molecular flexibility index (Phi) is 5.72. The number of likely N-dealkylation sites (tertiary alicyclic amines) is 1. The van der Waals surface area contributed by atoms with E-state index in [9.17, 15) is 4.79 Å². The van der Waals surface area contributed by atoms with E-state index in [0.717, 1.165) is 43.7 Å². The first kappa shape index (κ1) is 17.2. The van der Waals surface area contributed by atoms with Gasteiger partial charge >= 0.3 is 0 Å². The normalized spacial score (nSPS) is 18.3. The monoisotopic (exact) mass is 363 g/mol. The molecule has 0 bridgehead atoms.